The monoisotopic (exact) mass is 384 g/mol. The van der Waals surface area contributed by atoms with E-state index < -0.39 is 21.9 Å². The first kappa shape index (κ1) is 18.2. The number of primary sulfonamides is 1. The third-order valence-corrected chi connectivity index (χ3v) is 4.79. The van der Waals surface area contributed by atoms with Crippen LogP contribution in [0.2, 0.25) is 0 Å². The van der Waals surface area contributed by atoms with Gasteiger partial charge in [-0.2, -0.15) is 13.2 Å². The average molecular weight is 384 g/mol. The Balaban J connectivity index is 1.95. The molecule has 1 aliphatic heterocycles. The minimum absolute atomic E-state index is 0.0890. The molecule has 1 aromatic heterocycles. The summed E-state index contributed by atoms with van der Waals surface area (Å²) in [6, 6.07) is 8.51. The van der Waals surface area contributed by atoms with Crippen molar-refractivity contribution in [3.8, 4) is 0 Å². The topological polar surface area (TPSA) is 79.5 Å². The van der Waals surface area contributed by atoms with Gasteiger partial charge in [-0.25, -0.2) is 13.6 Å². The summed E-state index contributed by atoms with van der Waals surface area (Å²) in [6.45, 7) is 1.65. The molecule has 0 saturated carbocycles. The van der Waals surface area contributed by atoms with Crippen molar-refractivity contribution < 1.29 is 21.6 Å². The van der Waals surface area contributed by atoms with Gasteiger partial charge in [0.25, 0.3) is 0 Å². The first-order valence-corrected chi connectivity index (χ1v) is 8.99. The molecule has 26 heavy (non-hydrogen) atoms. The molecule has 0 saturated heterocycles. The molecule has 0 amide bonds. The molecular weight excluding hydrogens is 369 g/mol. The molecule has 2 aromatic rings. The van der Waals surface area contributed by atoms with E-state index in [0.29, 0.717) is 17.1 Å². The number of aromatic nitrogens is 1. The van der Waals surface area contributed by atoms with Crippen LogP contribution in [-0.4, -0.2) is 26.2 Å². The fourth-order valence-electron chi connectivity index (χ4n) is 2.54. The smallest absolute Gasteiger partial charge is 0.327 e. The van der Waals surface area contributed by atoms with Crippen molar-refractivity contribution in [1.29, 1.82) is 0 Å². The minimum Gasteiger partial charge on any atom is -0.327 e. The van der Waals surface area contributed by atoms with E-state index in [1.54, 1.807) is 19.1 Å². The van der Waals surface area contributed by atoms with Crippen molar-refractivity contribution in [3.63, 3.8) is 0 Å². The number of anilines is 2. The van der Waals surface area contributed by atoms with Gasteiger partial charge in [0.15, 0.2) is 0 Å². The number of halogens is 3. The summed E-state index contributed by atoms with van der Waals surface area (Å²) in [5.41, 5.74) is 0.573. The number of nitrogens with two attached hydrogens (primary N) is 1. The fraction of sp³-hybridized carbons (Fsp3) is 0.188. The van der Waals surface area contributed by atoms with Crippen LogP contribution in [0.4, 0.5) is 24.5 Å². The summed E-state index contributed by atoms with van der Waals surface area (Å²) in [4.78, 5) is 6.40. The molecule has 0 bridgehead atoms. The molecule has 0 atom stereocenters. The predicted molar refractivity (Wildman–Crippen MR) is 90.8 cm³/mol. The summed E-state index contributed by atoms with van der Waals surface area (Å²) < 4.78 is 62.9. The maximum absolute atomic E-state index is 13.4. The number of hydrogen-bond acceptors (Lipinski definition) is 5. The number of benzene rings is 1. The summed E-state index contributed by atoms with van der Waals surface area (Å²) in [6.07, 6.45) is -2.20. The second-order valence-corrected chi connectivity index (χ2v) is 7.31. The van der Waals surface area contributed by atoms with Crippen LogP contribution in [0.3, 0.4) is 0 Å². The van der Waals surface area contributed by atoms with Crippen molar-refractivity contribution >= 4 is 21.4 Å². The quantitative estimate of drug-likeness (QED) is 0.880. The zero-order valence-electron chi connectivity index (χ0n) is 13.6. The lowest BCUT2D eigenvalue weighted by Crippen LogP contribution is -2.31. The lowest BCUT2D eigenvalue weighted by Gasteiger charge is -2.24. The molecule has 0 fully saturated rings. The number of allylic oxidation sites excluding steroid dienone is 1. The lowest BCUT2D eigenvalue weighted by molar-refractivity contribution is -0.0925. The van der Waals surface area contributed by atoms with Gasteiger partial charge in [0.05, 0.1) is 23.4 Å². The number of hydrogen-bond donors (Lipinski definition) is 1. The van der Waals surface area contributed by atoms with E-state index in [0.717, 1.165) is 11.1 Å². The molecule has 1 aliphatic rings. The maximum atomic E-state index is 13.4. The SMILES string of the molecule is Cc1ccc(N2CN(c3ccc(S(N)(=O)=O)cc3)C=C2C(F)(F)F)cn1. The second kappa shape index (κ2) is 6.29. The van der Waals surface area contributed by atoms with E-state index in [2.05, 4.69) is 4.98 Å². The summed E-state index contributed by atoms with van der Waals surface area (Å²) in [5, 5.41) is 5.03. The summed E-state index contributed by atoms with van der Waals surface area (Å²) >= 11 is 0. The highest BCUT2D eigenvalue weighted by Crippen LogP contribution is 2.37. The van der Waals surface area contributed by atoms with Gasteiger partial charge in [-0.05, 0) is 43.3 Å². The van der Waals surface area contributed by atoms with E-state index in [4.69, 9.17) is 5.14 Å². The number of sulfonamides is 1. The Morgan fingerprint density at radius 3 is 2.19 bits per heavy atom. The Labute approximate surface area is 148 Å². The minimum atomic E-state index is -4.56. The van der Waals surface area contributed by atoms with Gasteiger partial charge in [0.2, 0.25) is 10.0 Å². The Morgan fingerprint density at radius 2 is 1.69 bits per heavy atom. The number of rotatable bonds is 3. The highest BCUT2D eigenvalue weighted by atomic mass is 32.2. The number of pyridine rings is 1. The predicted octanol–water partition coefficient (Wildman–Crippen LogP) is 2.73. The average Bonchev–Trinajstić information content (AvgIpc) is 3.00. The number of alkyl halides is 3. The first-order valence-electron chi connectivity index (χ1n) is 7.44. The van der Waals surface area contributed by atoms with Crippen LogP contribution in [0.1, 0.15) is 5.69 Å². The Morgan fingerprint density at radius 1 is 1.08 bits per heavy atom. The van der Waals surface area contributed by atoms with Crippen LogP contribution in [0.15, 0.2) is 59.4 Å². The van der Waals surface area contributed by atoms with Gasteiger partial charge in [-0.15, -0.1) is 0 Å². The molecule has 0 radical (unpaired) electrons. The van der Waals surface area contributed by atoms with Gasteiger partial charge in [0.1, 0.15) is 5.70 Å². The zero-order chi connectivity index (χ0) is 19.1. The van der Waals surface area contributed by atoms with E-state index in [1.807, 2.05) is 0 Å². The van der Waals surface area contributed by atoms with Gasteiger partial charge in [-0.3, -0.25) is 4.98 Å². The van der Waals surface area contributed by atoms with Gasteiger partial charge >= 0.3 is 6.18 Å². The standard InChI is InChI=1S/C16H15F3N4O2S/c1-11-2-3-13(8-21-11)23-10-22(9-15(23)16(17,18)19)12-4-6-14(7-5-12)26(20,24)25/h2-9H,10H2,1H3,(H2,20,24,25). The van der Waals surface area contributed by atoms with Crippen LogP contribution in [0, 0.1) is 6.92 Å². The molecule has 0 unspecified atom stereocenters. The summed E-state index contributed by atoms with van der Waals surface area (Å²) in [5.74, 6) is 0. The number of aryl methyl sites for hydroxylation is 1. The van der Waals surface area contributed by atoms with Crippen LogP contribution >= 0.6 is 0 Å². The molecular formula is C16H15F3N4O2S. The molecule has 1 aromatic carbocycles. The van der Waals surface area contributed by atoms with Crippen molar-refractivity contribution in [2.45, 2.75) is 18.0 Å². The molecule has 2 N–H and O–H groups in total. The highest BCUT2D eigenvalue weighted by molar-refractivity contribution is 7.89. The fourth-order valence-corrected chi connectivity index (χ4v) is 3.05. The van der Waals surface area contributed by atoms with Crippen LogP contribution < -0.4 is 14.9 Å². The third-order valence-electron chi connectivity index (χ3n) is 3.86. The van der Waals surface area contributed by atoms with Crippen LogP contribution in [0.5, 0.6) is 0 Å². The van der Waals surface area contributed by atoms with Crippen molar-refractivity contribution in [3.05, 3.63) is 60.2 Å². The van der Waals surface area contributed by atoms with Crippen molar-refractivity contribution in [1.82, 2.24) is 4.98 Å². The molecule has 6 nitrogen and oxygen atoms in total. The van der Waals surface area contributed by atoms with Gasteiger partial charge in [0, 0.05) is 17.6 Å². The molecule has 2 heterocycles. The normalized spacial score (nSPS) is 15.3. The van der Waals surface area contributed by atoms with E-state index >= 15 is 0 Å². The lowest BCUT2D eigenvalue weighted by atomic mass is 10.3. The first-order chi connectivity index (χ1) is 12.1. The molecule has 0 aliphatic carbocycles. The largest absolute Gasteiger partial charge is 0.432 e. The van der Waals surface area contributed by atoms with E-state index in [-0.39, 0.29) is 11.6 Å². The Bertz CT molecular complexity index is 939. The van der Waals surface area contributed by atoms with Crippen molar-refractivity contribution in [2.24, 2.45) is 5.14 Å². The molecule has 0 spiro atoms. The van der Waals surface area contributed by atoms with Crippen molar-refractivity contribution in [2.75, 3.05) is 16.5 Å². The third kappa shape index (κ3) is 3.65. The Kier molecular flexibility index (Phi) is 4.41. The maximum Gasteiger partial charge on any atom is 0.432 e. The van der Waals surface area contributed by atoms with E-state index in [1.165, 1.54) is 35.4 Å². The molecule has 138 valence electrons. The van der Waals surface area contributed by atoms with Crippen LogP contribution in [0.25, 0.3) is 0 Å². The molecule has 10 heteroatoms. The van der Waals surface area contributed by atoms with E-state index in [9.17, 15) is 21.6 Å². The summed E-state index contributed by atoms with van der Waals surface area (Å²) in [7, 11) is -3.87. The molecule has 3 rings (SSSR count). The van der Waals surface area contributed by atoms with Gasteiger partial charge in [-0.1, -0.05) is 0 Å². The number of nitrogens with zero attached hydrogens (tertiary/aromatic N) is 3. The Hall–Kier alpha value is -2.59. The highest BCUT2D eigenvalue weighted by Gasteiger charge is 2.42. The van der Waals surface area contributed by atoms with Gasteiger partial charge < -0.3 is 9.80 Å². The second-order valence-electron chi connectivity index (χ2n) is 5.75. The zero-order valence-corrected chi connectivity index (χ0v) is 14.4. The van der Waals surface area contributed by atoms with Crippen LogP contribution in [-0.2, 0) is 10.0 Å².